The molecular formula is C53H56N6O5S2. The number of carbonyl (C=O) groups is 1. The number of pyridine rings is 1. The van der Waals surface area contributed by atoms with E-state index in [9.17, 15) is 14.7 Å². The fraction of sp³-hybridized carbons (Fsp3) is 0.321. The van der Waals surface area contributed by atoms with Crippen molar-refractivity contribution in [3.05, 3.63) is 181 Å². The number of aliphatic hydroxyl groups is 1. The number of aryl methyl sites for hydroxylation is 1. The third-order valence-electron chi connectivity index (χ3n) is 12.9. The first-order valence-corrected chi connectivity index (χ1v) is 24.6. The summed E-state index contributed by atoms with van der Waals surface area (Å²) in [6, 6.07) is 42.4. The molecule has 0 spiro atoms. The molecule has 0 aliphatic heterocycles. The van der Waals surface area contributed by atoms with Crippen molar-refractivity contribution in [1.29, 1.82) is 0 Å². The summed E-state index contributed by atoms with van der Waals surface area (Å²) in [4.78, 5) is 35.2. The molecule has 8 aromatic rings. The molecule has 0 radical (unpaired) electrons. The SMILES string of the molecule is C[C@@H](CN(Cc1ccccc1)Cc1ccc2c(c1)nnn2CCCN(C)C1CCC(OC(=O)C(O)(c2cccs2)c2cccs2)CC1)c1ccc(OCc2ccccc2)c2[nH]c(=O)ccc12. The number of carbonyl (C=O) groups excluding carboxylic acids is 1. The number of thiophene rings is 2. The molecule has 1 aliphatic carbocycles. The van der Waals surface area contributed by atoms with Gasteiger partial charge in [0, 0.05) is 43.7 Å². The van der Waals surface area contributed by atoms with Crippen LogP contribution < -0.4 is 10.3 Å². The molecule has 66 heavy (non-hydrogen) atoms. The fourth-order valence-electron chi connectivity index (χ4n) is 9.37. The van der Waals surface area contributed by atoms with Gasteiger partial charge in [0.05, 0.1) is 20.8 Å². The van der Waals surface area contributed by atoms with E-state index in [1.807, 2.05) is 76.1 Å². The summed E-state index contributed by atoms with van der Waals surface area (Å²) in [7, 11) is 2.18. The molecule has 2 N–H and O–H groups in total. The van der Waals surface area contributed by atoms with Crippen LogP contribution in [0.5, 0.6) is 5.75 Å². The molecule has 0 unspecified atom stereocenters. The number of rotatable bonds is 19. The lowest BCUT2D eigenvalue weighted by molar-refractivity contribution is -0.169. The number of nitrogens with zero attached hydrogens (tertiary/aromatic N) is 5. The van der Waals surface area contributed by atoms with E-state index in [2.05, 4.69) is 87.6 Å². The van der Waals surface area contributed by atoms with Crippen LogP contribution in [0, 0.1) is 0 Å². The van der Waals surface area contributed by atoms with E-state index in [0.29, 0.717) is 28.2 Å². The van der Waals surface area contributed by atoms with Gasteiger partial charge in [-0.1, -0.05) is 97.1 Å². The molecule has 0 amide bonds. The van der Waals surface area contributed by atoms with E-state index in [4.69, 9.17) is 9.47 Å². The number of hydrogen-bond acceptors (Lipinski definition) is 11. The zero-order valence-corrected chi connectivity index (χ0v) is 39.1. The summed E-state index contributed by atoms with van der Waals surface area (Å²) in [6.45, 7) is 6.61. The number of esters is 1. The Morgan fingerprint density at radius 1 is 0.848 bits per heavy atom. The van der Waals surface area contributed by atoms with E-state index >= 15 is 0 Å². The van der Waals surface area contributed by atoms with Crippen LogP contribution in [0.4, 0.5) is 0 Å². The Labute approximate surface area is 393 Å². The highest BCUT2D eigenvalue weighted by Crippen LogP contribution is 2.38. The Balaban J connectivity index is 0.807. The maximum Gasteiger partial charge on any atom is 0.349 e. The van der Waals surface area contributed by atoms with Crippen molar-refractivity contribution in [3.63, 3.8) is 0 Å². The topological polar surface area (TPSA) is 126 Å². The van der Waals surface area contributed by atoms with Gasteiger partial charge in [-0.25, -0.2) is 9.48 Å². The Kier molecular flexibility index (Phi) is 14.2. The Morgan fingerprint density at radius 2 is 1.55 bits per heavy atom. The molecule has 4 aromatic carbocycles. The minimum atomic E-state index is -1.78. The van der Waals surface area contributed by atoms with Crippen molar-refractivity contribution in [2.45, 2.75) is 88.9 Å². The first-order chi connectivity index (χ1) is 32.2. The zero-order chi connectivity index (χ0) is 45.5. The summed E-state index contributed by atoms with van der Waals surface area (Å²) in [5, 5.41) is 25.6. The van der Waals surface area contributed by atoms with E-state index < -0.39 is 11.6 Å². The van der Waals surface area contributed by atoms with Gasteiger partial charge in [-0.05, 0) is 121 Å². The fourth-order valence-corrected chi connectivity index (χ4v) is 11.1. The molecule has 4 heterocycles. The van der Waals surface area contributed by atoms with Crippen molar-refractivity contribution in [3.8, 4) is 5.75 Å². The monoisotopic (exact) mass is 920 g/mol. The predicted octanol–water partition coefficient (Wildman–Crippen LogP) is 9.89. The van der Waals surface area contributed by atoms with Crippen molar-refractivity contribution in [2.75, 3.05) is 20.1 Å². The van der Waals surface area contributed by atoms with E-state index in [0.717, 1.165) is 97.9 Å². The second-order valence-electron chi connectivity index (χ2n) is 17.6. The maximum absolute atomic E-state index is 13.5. The molecular weight excluding hydrogens is 865 g/mol. The van der Waals surface area contributed by atoms with Crippen molar-refractivity contribution >= 4 is 50.6 Å². The molecule has 1 aliphatic rings. The van der Waals surface area contributed by atoms with Crippen LogP contribution >= 0.6 is 22.7 Å². The average Bonchev–Trinajstić information content (AvgIpc) is 4.16. The second-order valence-corrected chi connectivity index (χ2v) is 19.5. The molecule has 0 bridgehead atoms. The zero-order valence-electron chi connectivity index (χ0n) is 37.4. The normalized spacial score (nSPS) is 16.0. The highest BCUT2D eigenvalue weighted by Gasteiger charge is 2.45. The molecule has 1 saturated carbocycles. The molecule has 9 rings (SSSR count). The van der Waals surface area contributed by atoms with Gasteiger partial charge in [0.1, 0.15) is 24.0 Å². The number of ether oxygens (including phenoxy) is 2. The highest BCUT2D eigenvalue weighted by atomic mass is 32.1. The van der Waals surface area contributed by atoms with Crippen LogP contribution in [0.2, 0.25) is 0 Å². The number of aromatic amines is 1. The van der Waals surface area contributed by atoms with Gasteiger partial charge in [-0.15, -0.1) is 27.8 Å². The second kappa shape index (κ2) is 20.7. The molecule has 13 heteroatoms. The first kappa shape index (κ1) is 45.2. The Hall–Kier alpha value is -5.96. The number of H-pyrrole nitrogens is 1. The minimum Gasteiger partial charge on any atom is -0.487 e. The average molecular weight is 921 g/mol. The van der Waals surface area contributed by atoms with Gasteiger partial charge in [0.15, 0.2) is 0 Å². The number of aromatic nitrogens is 4. The standard InChI is InChI=1S/C53H56N6O5S2/c1-37(43-23-26-47(51-44(43)24-27-50(60)54-51)63-36-39-14-7-4-8-15-39)33-58(34-38-12-5-3-6-13-38)35-40-18-25-46-45(32-40)55-56-59(46)29-11-28-57(2)41-19-21-42(22-20-41)64-52(61)53(62,48-16-9-30-65-48)49-17-10-31-66-49/h3-10,12-18,23-27,30-32,37,41-42,62H,11,19-22,28-29,33-36H2,1-2H3,(H,54,60)/t37-,41?,42?/m0/s1. The summed E-state index contributed by atoms with van der Waals surface area (Å²) >= 11 is 2.72. The summed E-state index contributed by atoms with van der Waals surface area (Å²) in [5.74, 6) is 0.209. The van der Waals surface area contributed by atoms with Crippen LogP contribution in [-0.2, 0) is 41.4 Å². The summed E-state index contributed by atoms with van der Waals surface area (Å²) in [5.41, 5.74) is 5.30. The third-order valence-corrected chi connectivity index (χ3v) is 14.9. The lowest BCUT2D eigenvalue weighted by Crippen LogP contribution is -2.42. The Bertz CT molecular complexity index is 2840. The van der Waals surface area contributed by atoms with Crippen LogP contribution in [0.25, 0.3) is 21.9 Å². The van der Waals surface area contributed by atoms with Crippen LogP contribution in [0.15, 0.2) is 143 Å². The van der Waals surface area contributed by atoms with Crippen molar-refractivity contribution in [2.24, 2.45) is 0 Å². The van der Waals surface area contributed by atoms with Gasteiger partial charge in [0.2, 0.25) is 11.2 Å². The highest BCUT2D eigenvalue weighted by molar-refractivity contribution is 7.12. The molecule has 0 saturated heterocycles. The van der Waals surface area contributed by atoms with Gasteiger partial charge in [-0.2, -0.15) is 0 Å². The molecule has 1 atom stereocenters. The lowest BCUT2D eigenvalue weighted by atomic mass is 9.91. The summed E-state index contributed by atoms with van der Waals surface area (Å²) in [6.07, 6.45) is 4.08. The summed E-state index contributed by atoms with van der Waals surface area (Å²) < 4.78 is 14.3. The molecule has 4 aromatic heterocycles. The van der Waals surface area contributed by atoms with Crippen LogP contribution in [-0.4, -0.2) is 73.1 Å². The minimum absolute atomic E-state index is 0.139. The number of fused-ring (bicyclic) bond motifs is 2. The van der Waals surface area contributed by atoms with Crippen molar-refractivity contribution in [1.82, 2.24) is 29.8 Å². The predicted molar refractivity (Wildman–Crippen MR) is 263 cm³/mol. The quantitative estimate of drug-likeness (QED) is 0.0763. The maximum atomic E-state index is 13.5. The number of nitrogens with one attached hydrogen (secondary N) is 1. The van der Waals surface area contributed by atoms with E-state index in [1.165, 1.54) is 33.8 Å². The molecule has 340 valence electrons. The van der Waals surface area contributed by atoms with Gasteiger partial charge >= 0.3 is 5.97 Å². The van der Waals surface area contributed by atoms with Gasteiger partial charge in [-0.3, -0.25) is 9.69 Å². The largest absolute Gasteiger partial charge is 0.487 e. The molecule has 1 fully saturated rings. The van der Waals surface area contributed by atoms with Gasteiger partial charge in [0.25, 0.3) is 0 Å². The molecule has 11 nitrogen and oxygen atoms in total. The van der Waals surface area contributed by atoms with Crippen LogP contribution in [0.3, 0.4) is 0 Å². The first-order valence-electron chi connectivity index (χ1n) is 22.8. The van der Waals surface area contributed by atoms with E-state index in [1.54, 1.807) is 18.2 Å². The Morgan fingerprint density at radius 3 is 2.24 bits per heavy atom. The van der Waals surface area contributed by atoms with Gasteiger partial charge < -0.3 is 24.5 Å². The van der Waals surface area contributed by atoms with E-state index in [-0.39, 0.29) is 17.6 Å². The number of benzene rings is 4. The third kappa shape index (κ3) is 10.4. The smallest absolute Gasteiger partial charge is 0.349 e. The van der Waals surface area contributed by atoms with Crippen LogP contribution in [0.1, 0.15) is 77.0 Å². The lowest BCUT2D eigenvalue weighted by Gasteiger charge is -2.35. The van der Waals surface area contributed by atoms with Crippen molar-refractivity contribution < 1.29 is 19.4 Å². The number of hydrogen-bond donors (Lipinski definition) is 2.